The monoisotopic (exact) mass is 1310 g/mol. The van der Waals surface area contributed by atoms with Gasteiger partial charge in [0.05, 0.1) is 22.8 Å². The molecule has 24 heteroatoms. The van der Waals surface area contributed by atoms with E-state index < -0.39 is 15.6 Å². The van der Waals surface area contributed by atoms with Crippen molar-refractivity contribution in [2.24, 2.45) is 0 Å². The van der Waals surface area contributed by atoms with Crippen molar-refractivity contribution in [3.63, 3.8) is 0 Å². The molecule has 0 bridgehead atoms. The molecule has 0 saturated carbocycles. The first-order valence-electron chi connectivity index (χ1n) is 22.3. The molecule has 0 radical (unpaired) electrons. The number of hydrogen-bond donors (Lipinski definition) is 0. The van der Waals surface area contributed by atoms with Gasteiger partial charge in [0.2, 0.25) is 0 Å². The van der Waals surface area contributed by atoms with Gasteiger partial charge in [-0.3, -0.25) is 19.9 Å². The summed E-state index contributed by atoms with van der Waals surface area (Å²) < 4.78 is 118. The predicted molar refractivity (Wildman–Crippen MR) is 278 cm³/mol. The van der Waals surface area contributed by atoms with Crippen LogP contribution in [0.4, 0.5) is 50.4 Å². The van der Waals surface area contributed by atoms with E-state index in [-0.39, 0.29) is 40.8 Å². The predicted octanol–water partition coefficient (Wildman–Crippen LogP) is 19.0. The standard InChI is InChI=1S/2C15H11N2.2C12H12N2.2F6P.2Pd/c2*1-3-7-12(8-4-1)14-11-15(17-16-14)13-9-5-2-6-10-13;2*1-9-3-5-13-11(7-9)12-8-10(2)4-6-14-12;2*1-7(2,3,4,5)6;;/h2*1-11H;2*3-8H,1-2H3;;;;/q2*-1;;;2*-1;2*+2. The quantitative estimate of drug-likeness (QED) is 0.0921. The third-order valence-corrected chi connectivity index (χ3v) is 9.54. The van der Waals surface area contributed by atoms with Crippen LogP contribution in [0, 0.1) is 27.7 Å². The van der Waals surface area contributed by atoms with Crippen LogP contribution in [-0.2, 0) is 40.8 Å². The Morgan fingerprint density at radius 3 is 0.692 bits per heavy atom. The SMILES string of the molecule is Cc1ccnc(-c2cc(C)ccn2)c1.Cc1ccnc(-c2cc(C)ccn2)c1.F[P-](F)(F)(F)(F)F.F[P-](F)(F)(F)(F)F.[Pd+2].[Pd+2].c1ccc(-c2cc(-c3ccccc3)[n-]n2)cc1.c1ccc(-c2cc(-c3ccccc3)[n-]n2)cc1. The van der Waals surface area contributed by atoms with Crippen LogP contribution >= 0.6 is 15.6 Å². The molecule has 0 aliphatic rings. The van der Waals surface area contributed by atoms with Gasteiger partial charge >= 0.3 is 107 Å². The summed E-state index contributed by atoms with van der Waals surface area (Å²) in [5.74, 6) is 0. The molecule has 0 saturated heterocycles. The third-order valence-electron chi connectivity index (χ3n) is 9.54. The Bertz CT molecular complexity index is 2970. The van der Waals surface area contributed by atoms with E-state index in [4.69, 9.17) is 0 Å². The van der Waals surface area contributed by atoms with Gasteiger partial charge < -0.3 is 20.4 Å². The molecule has 6 aromatic heterocycles. The molecule has 78 heavy (non-hydrogen) atoms. The third kappa shape index (κ3) is 28.0. The van der Waals surface area contributed by atoms with Crippen LogP contribution in [0.1, 0.15) is 22.3 Å². The van der Waals surface area contributed by atoms with Crippen LogP contribution in [0.2, 0.25) is 0 Å². The van der Waals surface area contributed by atoms with Gasteiger partial charge in [-0.15, -0.1) is 11.4 Å². The fourth-order valence-corrected chi connectivity index (χ4v) is 6.29. The molecule has 0 fully saturated rings. The number of halogens is 12. The van der Waals surface area contributed by atoms with Crippen LogP contribution < -0.4 is 10.2 Å². The Morgan fingerprint density at radius 1 is 0.282 bits per heavy atom. The Kier molecular flexibility index (Phi) is 22.1. The van der Waals surface area contributed by atoms with Crippen LogP contribution in [0.15, 0.2) is 207 Å². The molecule has 0 atom stereocenters. The summed E-state index contributed by atoms with van der Waals surface area (Å²) in [5, 5.41) is 16.9. The van der Waals surface area contributed by atoms with Crippen molar-refractivity contribution < 1.29 is 91.2 Å². The van der Waals surface area contributed by atoms with Gasteiger partial charge in [0, 0.05) is 36.2 Å². The maximum absolute atomic E-state index is 10.7. The molecule has 0 spiro atoms. The minimum Gasteiger partial charge on any atom is -0.574 e. The van der Waals surface area contributed by atoms with Gasteiger partial charge in [-0.2, -0.15) is 0 Å². The summed E-state index contributed by atoms with van der Waals surface area (Å²) in [6.07, 6.45) is 7.26. The molecule has 0 amide bonds. The minimum absolute atomic E-state index is 0. The molecule has 10 aromatic rings. The van der Waals surface area contributed by atoms with Crippen molar-refractivity contribution in [2.45, 2.75) is 27.7 Å². The molecule has 0 aliphatic heterocycles. The van der Waals surface area contributed by atoms with E-state index in [1.807, 2.05) is 207 Å². The first-order chi connectivity index (χ1) is 35.3. The topological polar surface area (TPSA) is 106 Å². The van der Waals surface area contributed by atoms with Crippen molar-refractivity contribution in [3.8, 4) is 67.8 Å². The second-order valence-corrected chi connectivity index (χ2v) is 20.3. The zero-order valence-electron chi connectivity index (χ0n) is 41.3. The second kappa shape index (κ2) is 26.3. The molecule has 0 aliphatic carbocycles. The largest absolute Gasteiger partial charge is 2.00 e. The first kappa shape index (κ1) is 65.5. The summed E-state index contributed by atoms with van der Waals surface area (Å²) in [6.45, 7) is 8.23. The van der Waals surface area contributed by atoms with Gasteiger partial charge in [0.15, 0.2) is 0 Å². The van der Waals surface area contributed by atoms with Crippen LogP contribution in [0.3, 0.4) is 0 Å². The summed E-state index contributed by atoms with van der Waals surface area (Å²) in [7, 11) is -21.3. The van der Waals surface area contributed by atoms with Gasteiger partial charge in [-0.05, 0) is 121 Å². The second-order valence-electron chi connectivity index (χ2n) is 16.5. The molecule has 4 aromatic carbocycles. The number of pyridine rings is 4. The van der Waals surface area contributed by atoms with E-state index in [0.29, 0.717) is 0 Å². The van der Waals surface area contributed by atoms with Gasteiger partial charge in [0.1, 0.15) is 0 Å². The van der Waals surface area contributed by atoms with Crippen LogP contribution in [0.25, 0.3) is 67.8 Å². The van der Waals surface area contributed by atoms with E-state index in [9.17, 15) is 50.4 Å². The molecule has 8 nitrogen and oxygen atoms in total. The Hall–Kier alpha value is -6.76. The van der Waals surface area contributed by atoms with Crippen molar-refractivity contribution in [1.82, 2.24) is 40.3 Å². The fraction of sp³-hybridized carbons (Fsp3) is 0.0741. The smallest absolute Gasteiger partial charge is 0.574 e. The van der Waals surface area contributed by atoms with Gasteiger partial charge in [-0.25, -0.2) is 0 Å². The van der Waals surface area contributed by atoms with E-state index in [1.165, 1.54) is 22.3 Å². The van der Waals surface area contributed by atoms with Crippen molar-refractivity contribution >= 4 is 15.6 Å². The summed E-state index contributed by atoms with van der Waals surface area (Å²) >= 11 is 0. The minimum atomic E-state index is -10.7. The normalized spacial score (nSPS) is 12.3. The van der Waals surface area contributed by atoms with E-state index in [1.54, 1.807) is 0 Å². The van der Waals surface area contributed by atoms with Gasteiger partial charge in [-0.1, -0.05) is 133 Å². The Balaban J connectivity index is 0.000000252. The molecule has 0 unspecified atom stereocenters. The molecule has 10 rings (SSSR count). The number of hydrogen-bond acceptors (Lipinski definition) is 6. The molecular formula is C54H46F12N8P2Pd2. The van der Waals surface area contributed by atoms with E-state index >= 15 is 0 Å². The van der Waals surface area contributed by atoms with E-state index in [2.05, 4.69) is 68.0 Å². The first-order valence-corrected chi connectivity index (χ1v) is 26.4. The number of rotatable bonds is 6. The van der Waals surface area contributed by atoms with Crippen LogP contribution in [0.5, 0.6) is 0 Å². The summed E-state index contributed by atoms with van der Waals surface area (Å²) in [6, 6.07) is 60.5. The Labute approximate surface area is 469 Å². The zero-order valence-corrected chi connectivity index (χ0v) is 46.2. The summed E-state index contributed by atoms with van der Waals surface area (Å²) in [5.41, 5.74) is 16.7. The zero-order chi connectivity index (χ0) is 55.8. The fourth-order valence-electron chi connectivity index (χ4n) is 6.29. The molecule has 0 N–H and O–H groups in total. The molecule has 416 valence electrons. The summed E-state index contributed by atoms with van der Waals surface area (Å²) in [4.78, 5) is 17.2. The van der Waals surface area contributed by atoms with Crippen molar-refractivity contribution in [3.05, 3.63) is 229 Å². The average Bonchev–Trinajstić information content (AvgIpc) is 4.06. The average molecular weight is 1310 g/mol. The number of nitrogens with zero attached hydrogens (tertiary/aromatic N) is 8. The maximum Gasteiger partial charge on any atom is 2.00 e. The van der Waals surface area contributed by atoms with Crippen LogP contribution in [-0.4, -0.2) is 30.1 Å². The van der Waals surface area contributed by atoms with Crippen molar-refractivity contribution in [2.75, 3.05) is 0 Å². The molecule has 6 heterocycles. The maximum atomic E-state index is 9.87. The van der Waals surface area contributed by atoms with Gasteiger partial charge in [0.25, 0.3) is 0 Å². The number of benzene rings is 4. The number of aromatic nitrogens is 8. The Morgan fingerprint density at radius 2 is 0.487 bits per heavy atom. The number of aryl methyl sites for hydroxylation is 4. The van der Waals surface area contributed by atoms with E-state index in [0.717, 1.165) is 67.8 Å². The molecular weight excluding hydrogens is 1260 g/mol. The van der Waals surface area contributed by atoms with Crippen molar-refractivity contribution in [1.29, 1.82) is 0 Å².